The van der Waals surface area contributed by atoms with Gasteiger partial charge in [0.2, 0.25) is 0 Å². The molecule has 6 nitrogen and oxygen atoms in total. The summed E-state index contributed by atoms with van der Waals surface area (Å²) in [6.07, 6.45) is 0.452. The van der Waals surface area contributed by atoms with Crippen molar-refractivity contribution in [2.24, 2.45) is 0 Å². The molecular weight excluding hydrogens is 391 g/mol. The van der Waals surface area contributed by atoms with Crippen molar-refractivity contribution < 1.29 is 14.6 Å². The van der Waals surface area contributed by atoms with Crippen LogP contribution in [0.5, 0.6) is 11.5 Å². The van der Waals surface area contributed by atoms with Crippen LogP contribution in [0.4, 0.5) is 0 Å². The van der Waals surface area contributed by atoms with Gasteiger partial charge in [0.15, 0.2) is 0 Å². The lowest BCUT2D eigenvalue weighted by Crippen LogP contribution is -2.30. The minimum atomic E-state index is -0.900. The van der Waals surface area contributed by atoms with E-state index in [9.17, 15) is 9.90 Å². The first-order valence-electron chi connectivity index (χ1n) is 8.36. The van der Waals surface area contributed by atoms with Crippen LogP contribution in [0.3, 0.4) is 0 Å². The molecule has 0 bridgehead atoms. The van der Waals surface area contributed by atoms with Gasteiger partial charge in [-0.15, -0.1) is 0 Å². The van der Waals surface area contributed by atoms with Gasteiger partial charge in [-0.25, -0.2) is 4.98 Å². The number of ether oxygens (including phenoxy) is 2. The van der Waals surface area contributed by atoms with Crippen molar-refractivity contribution >= 4 is 34.1 Å². The molecule has 0 aliphatic heterocycles. The molecule has 0 amide bonds. The molecule has 142 valence electrons. The average Bonchev–Trinajstić information content (AvgIpc) is 2.64. The number of fused-ring (bicyclic) bond motifs is 1. The quantitative estimate of drug-likeness (QED) is 0.646. The molecule has 0 spiro atoms. The summed E-state index contributed by atoms with van der Waals surface area (Å²) in [4.78, 5) is 16.8. The summed E-state index contributed by atoms with van der Waals surface area (Å²) in [7, 11) is 0. The van der Waals surface area contributed by atoms with Crippen LogP contribution in [-0.2, 0) is 6.54 Å². The molecule has 1 unspecified atom stereocenters. The molecule has 0 saturated carbocycles. The van der Waals surface area contributed by atoms with Crippen LogP contribution in [-0.4, -0.2) is 34.0 Å². The molecule has 0 aliphatic rings. The molecule has 3 rings (SSSR count). The van der Waals surface area contributed by atoms with Crippen LogP contribution < -0.4 is 15.0 Å². The second kappa shape index (κ2) is 8.61. The Balaban J connectivity index is 1.68. The van der Waals surface area contributed by atoms with E-state index < -0.39 is 6.10 Å². The SMILES string of the molecule is CCOc1ccc(OCC(O)Cn2cnc3c(Cl)cc(Cl)cc3c2=O)cc1. The number of nitrogens with zero attached hydrogens (tertiary/aromatic N) is 2. The van der Waals surface area contributed by atoms with Crippen LogP contribution in [0, 0.1) is 0 Å². The van der Waals surface area contributed by atoms with Crippen molar-refractivity contribution in [1.82, 2.24) is 9.55 Å². The second-order valence-electron chi connectivity index (χ2n) is 5.86. The molecule has 3 aromatic rings. The number of rotatable bonds is 7. The standard InChI is InChI=1S/C19H18Cl2N2O4/c1-2-26-14-3-5-15(6-4-14)27-10-13(24)9-23-11-22-18-16(19(23)25)7-12(20)8-17(18)21/h3-8,11,13,24H,2,9-10H2,1H3. The molecule has 8 heteroatoms. The lowest BCUT2D eigenvalue weighted by atomic mass is 10.2. The Labute approximate surface area is 165 Å². The fourth-order valence-electron chi connectivity index (χ4n) is 2.60. The summed E-state index contributed by atoms with van der Waals surface area (Å²) < 4.78 is 12.2. The first-order valence-corrected chi connectivity index (χ1v) is 9.11. The smallest absolute Gasteiger partial charge is 0.261 e. The third-order valence-corrected chi connectivity index (χ3v) is 4.34. The molecule has 2 aromatic carbocycles. The molecular formula is C19H18Cl2N2O4. The Morgan fingerprint density at radius 1 is 1.15 bits per heavy atom. The van der Waals surface area contributed by atoms with E-state index in [4.69, 9.17) is 32.7 Å². The van der Waals surface area contributed by atoms with E-state index in [-0.39, 0.29) is 18.7 Å². The fourth-order valence-corrected chi connectivity index (χ4v) is 3.14. The predicted molar refractivity (Wildman–Crippen MR) is 105 cm³/mol. The van der Waals surface area contributed by atoms with Crippen molar-refractivity contribution in [1.29, 1.82) is 0 Å². The van der Waals surface area contributed by atoms with Crippen LogP contribution in [0.2, 0.25) is 10.0 Å². The Hall–Kier alpha value is -2.28. The molecule has 27 heavy (non-hydrogen) atoms. The van der Waals surface area contributed by atoms with E-state index in [1.54, 1.807) is 24.3 Å². The number of aromatic nitrogens is 2. The van der Waals surface area contributed by atoms with Gasteiger partial charge in [-0.1, -0.05) is 23.2 Å². The Kier molecular flexibility index (Phi) is 6.21. The first kappa shape index (κ1) is 19.5. The maximum Gasteiger partial charge on any atom is 0.261 e. The zero-order chi connectivity index (χ0) is 19.4. The third kappa shape index (κ3) is 4.71. The Bertz CT molecular complexity index is 989. The van der Waals surface area contributed by atoms with Gasteiger partial charge >= 0.3 is 0 Å². The van der Waals surface area contributed by atoms with Gasteiger partial charge in [0, 0.05) is 5.02 Å². The number of hydrogen-bond donors (Lipinski definition) is 1. The maximum atomic E-state index is 12.6. The highest BCUT2D eigenvalue weighted by Gasteiger charge is 2.12. The molecule has 0 saturated heterocycles. The van der Waals surface area contributed by atoms with Gasteiger partial charge in [0.05, 0.1) is 35.4 Å². The average molecular weight is 409 g/mol. The number of benzene rings is 2. The van der Waals surface area contributed by atoms with E-state index in [0.717, 1.165) is 5.75 Å². The van der Waals surface area contributed by atoms with Crippen molar-refractivity contribution in [3.63, 3.8) is 0 Å². The summed E-state index contributed by atoms with van der Waals surface area (Å²) in [5.74, 6) is 1.34. The number of halogens is 2. The number of aliphatic hydroxyl groups is 1. The van der Waals surface area contributed by atoms with E-state index in [1.165, 1.54) is 23.0 Å². The zero-order valence-electron chi connectivity index (χ0n) is 14.6. The van der Waals surface area contributed by atoms with E-state index in [0.29, 0.717) is 33.3 Å². The number of hydrogen-bond acceptors (Lipinski definition) is 5. The van der Waals surface area contributed by atoms with Gasteiger partial charge in [-0.05, 0) is 43.3 Å². The summed E-state index contributed by atoms with van der Waals surface area (Å²) in [6.45, 7) is 2.55. The van der Waals surface area contributed by atoms with Crippen LogP contribution in [0.25, 0.3) is 10.9 Å². The van der Waals surface area contributed by atoms with Gasteiger partial charge in [-0.3, -0.25) is 9.36 Å². The minimum absolute atomic E-state index is 0.0226. The van der Waals surface area contributed by atoms with Gasteiger partial charge < -0.3 is 14.6 Å². The lowest BCUT2D eigenvalue weighted by Gasteiger charge is -2.14. The number of aliphatic hydroxyl groups excluding tert-OH is 1. The molecule has 0 fully saturated rings. The minimum Gasteiger partial charge on any atom is -0.494 e. The summed E-state index contributed by atoms with van der Waals surface area (Å²) in [5, 5.41) is 11.2. The van der Waals surface area contributed by atoms with E-state index in [1.807, 2.05) is 6.92 Å². The second-order valence-corrected chi connectivity index (χ2v) is 6.70. The Morgan fingerprint density at radius 3 is 2.48 bits per heavy atom. The normalized spacial score (nSPS) is 12.1. The first-order chi connectivity index (χ1) is 13.0. The molecule has 1 aromatic heterocycles. The third-order valence-electron chi connectivity index (χ3n) is 3.83. The van der Waals surface area contributed by atoms with Crippen molar-refractivity contribution in [3.8, 4) is 11.5 Å². The highest BCUT2D eigenvalue weighted by Crippen LogP contribution is 2.24. The fraction of sp³-hybridized carbons (Fsp3) is 0.263. The maximum absolute atomic E-state index is 12.6. The highest BCUT2D eigenvalue weighted by molar-refractivity contribution is 6.38. The zero-order valence-corrected chi connectivity index (χ0v) is 16.1. The van der Waals surface area contributed by atoms with Crippen LogP contribution in [0.1, 0.15) is 6.92 Å². The van der Waals surface area contributed by atoms with Gasteiger partial charge in [0.1, 0.15) is 24.2 Å². The van der Waals surface area contributed by atoms with E-state index in [2.05, 4.69) is 4.98 Å². The molecule has 1 heterocycles. The lowest BCUT2D eigenvalue weighted by molar-refractivity contribution is 0.0914. The van der Waals surface area contributed by atoms with Crippen LogP contribution in [0.15, 0.2) is 47.5 Å². The highest BCUT2D eigenvalue weighted by atomic mass is 35.5. The summed E-state index contributed by atoms with van der Waals surface area (Å²) >= 11 is 12.0. The topological polar surface area (TPSA) is 73.6 Å². The summed E-state index contributed by atoms with van der Waals surface area (Å²) in [5.41, 5.74) is 0.0481. The van der Waals surface area contributed by atoms with Gasteiger partial charge in [-0.2, -0.15) is 0 Å². The van der Waals surface area contributed by atoms with E-state index >= 15 is 0 Å². The predicted octanol–water partition coefficient (Wildman–Crippen LogP) is 3.54. The van der Waals surface area contributed by atoms with Crippen molar-refractivity contribution in [3.05, 3.63) is 63.1 Å². The van der Waals surface area contributed by atoms with Crippen molar-refractivity contribution in [2.75, 3.05) is 13.2 Å². The van der Waals surface area contributed by atoms with Crippen molar-refractivity contribution in [2.45, 2.75) is 19.6 Å². The van der Waals surface area contributed by atoms with Gasteiger partial charge in [0.25, 0.3) is 5.56 Å². The molecule has 0 aliphatic carbocycles. The molecule has 1 N–H and O–H groups in total. The van der Waals surface area contributed by atoms with Crippen LogP contribution >= 0.6 is 23.2 Å². The molecule has 1 atom stereocenters. The molecule has 0 radical (unpaired) electrons. The summed E-state index contributed by atoms with van der Waals surface area (Å²) in [6, 6.07) is 10.1. The monoisotopic (exact) mass is 408 g/mol. The Morgan fingerprint density at radius 2 is 1.81 bits per heavy atom. The largest absolute Gasteiger partial charge is 0.494 e.